The van der Waals surface area contributed by atoms with Crippen molar-refractivity contribution in [2.24, 2.45) is 5.92 Å². The molecule has 3 aromatic rings. The molecule has 190 valence electrons. The van der Waals surface area contributed by atoms with E-state index in [0.717, 1.165) is 9.87 Å². The summed E-state index contributed by atoms with van der Waals surface area (Å²) in [6, 6.07) is 21.8. The molecule has 36 heavy (non-hydrogen) atoms. The molecule has 0 aliphatic heterocycles. The summed E-state index contributed by atoms with van der Waals surface area (Å²) in [5.41, 5.74) is 2.06. The Labute approximate surface area is 213 Å². The molecular formula is C28H33N3O4S. The van der Waals surface area contributed by atoms with Crippen LogP contribution >= 0.6 is 0 Å². The third-order valence-corrected chi connectivity index (χ3v) is 7.37. The van der Waals surface area contributed by atoms with Crippen LogP contribution in [0.25, 0.3) is 0 Å². The zero-order valence-corrected chi connectivity index (χ0v) is 21.9. The van der Waals surface area contributed by atoms with Crippen molar-refractivity contribution in [2.45, 2.75) is 38.5 Å². The minimum atomic E-state index is -4.03. The lowest BCUT2D eigenvalue weighted by Crippen LogP contribution is -2.38. The van der Waals surface area contributed by atoms with Gasteiger partial charge in [0.2, 0.25) is 5.91 Å². The number of para-hydroxylation sites is 1. The molecule has 0 unspecified atom stereocenters. The smallest absolute Gasteiger partial charge is 0.264 e. The van der Waals surface area contributed by atoms with E-state index in [2.05, 4.69) is 24.5 Å². The Bertz CT molecular complexity index is 1290. The van der Waals surface area contributed by atoms with Crippen LogP contribution in [0.3, 0.4) is 0 Å². The topological polar surface area (TPSA) is 95.6 Å². The monoisotopic (exact) mass is 507 g/mol. The second kappa shape index (κ2) is 11.9. The van der Waals surface area contributed by atoms with Gasteiger partial charge in [-0.3, -0.25) is 13.9 Å². The number of carbonyl (C=O) groups excluding carboxylic acids is 2. The molecule has 0 spiro atoms. The standard InChI is InChI=1S/C28H33N3O4S/c1-20(2)18-29-28(33)25-12-8-9-13-26(25)30-27(32)19-31(23-16-14-22(15-17-23)21(3)4)36(34,35)24-10-6-5-7-11-24/h5-17,20-21H,18-19H2,1-4H3,(H,29,33)(H,30,32). The van der Waals surface area contributed by atoms with Gasteiger partial charge in [0.15, 0.2) is 0 Å². The maximum atomic E-state index is 13.5. The summed E-state index contributed by atoms with van der Waals surface area (Å²) >= 11 is 0. The van der Waals surface area contributed by atoms with Crippen LogP contribution in [0, 0.1) is 5.92 Å². The van der Waals surface area contributed by atoms with Crippen molar-refractivity contribution in [3.63, 3.8) is 0 Å². The van der Waals surface area contributed by atoms with Gasteiger partial charge in [-0.2, -0.15) is 0 Å². The molecule has 0 atom stereocenters. The molecule has 2 N–H and O–H groups in total. The highest BCUT2D eigenvalue weighted by Gasteiger charge is 2.27. The van der Waals surface area contributed by atoms with Crippen molar-refractivity contribution in [2.75, 3.05) is 22.7 Å². The fourth-order valence-electron chi connectivity index (χ4n) is 3.56. The Morgan fingerprint density at radius 1 is 0.833 bits per heavy atom. The quantitative estimate of drug-likeness (QED) is 0.402. The number of carbonyl (C=O) groups is 2. The van der Waals surface area contributed by atoms with Gasteiger partial charge in [-0.15, -0.1) is 0 Å². The molecule has 0 aliphatic carbocycles. The van der Waals surface area contributed by atoms with Crippen LogP contribution in [0.15, 0.2) is 83.8 Å². The van der Waals surface area contributed by atoms with Crippen LogP contribution < -0.4 is 14.9 Å². The molecule has 0 saturated heterocycles. The highest BCUT2D eigenvalue weighted by molar-refractivity contribution is 7.92. The average Bonchev–Trinajstić information content (AvgIpc) is 2.86. The Morgan fingerprint density at radius 3 is 2.06 bits per heavy atom. The Morgan fingerprint density at radius 2 is 1.44 bits per heavy atom. The molecular weight excluding hydrogens is 474 g/mol. The van der Waals surface area contributed by atoms with Gasteiger partial charge < -0.3 is 10.6 Å². The van der Waals surface area contributed by atoms with E-state index >= 15 is 0 Å². The maximum Gasteiger partial charge on any atom is 0.264 e. The first-order chi connectivity index (χ1) is 17.1. The van der Waals surface area contributed by atoms with Crippen molar-refractivity contribution in [3.8, 4) is 0 Å². The van der Waals surface area contributed by atoms with Crippen LogP contribution in [0.1, 0.15) is 49.5 Å². The third-order valence-electron chi connectivity index (χ3n) is 5.58. The summed E-state index contributed by atoms with van der Waals surface area (Å²) in [6.45, 7) is 8.12. The number of hydrogen-bond donors (Lipinski definition) is 2. The first-order valence-corrected chi connectivity index (χ1v) is 13.4. The number of anilines is 2. The fourth-order valence-corrected chi connectivity index (χ4v) is 5.00. The van der Waals surface area contributed by atoms with E-state index in [-0.39, 0.29) is 22.6 Å². The molecule has 0 fully saturated rings. The molecule has 0 aliphatic rings. The van der Waals surface area contributed by atoms with Crippen molar-refractivity contribution in [1.29, 1.82) is 0 Å². The molecule has 8 heteroatoms. The Kier molecular flexibility index (Phi) is 8.88. The Balaban J connectivity index is 1.90. The maximum absolute atomic E-state index is 13.5. The number of hydrogen-bond acceptors (Lipinski definition) is 4. The van der Waals surface area contributed by atoms with E-state index in [1.54, 1.807) is 54.6 Å². The molecule has 2 amide bonds. The lowest BCUT2D eigenvalue weighted by atomic mass is 10.0. The predicted molar refractivity (Wildman–Crippen MR) is 144 cm³/mol. The zero-order chi connectivity index (χ0) is 26.3. The van der Waals surface area contributed by atoms with Gasteiger partial charge in [0.05, 0.1) is 21.8 Å². The minimum Gasteiger partial charge on any atom is -0.352 e. The number of nitrogens with one attached hydrogen (secondary N) is 2. The van der Waals surface area contributed by atoms with Gasteiger partial charge in [0.25, 0.3) is 15.9 Å². The van der Waals surface area contributed by atoms with Crippen LogP contribution in [-0.4, -0.2) is 33.3 Å². The van der Waals surface area contributed by atoms with Crippen LogP contribution in [0.4, 0.5) is 11.4 Å². The molecule has 0 saturated carbocycles. The molecule has 0 aromatic heterocycles. The van der Waals surface area contributed by atoms with Crippen molar-refractivity contribution in [1.82, 2.24) is 5.32 Å². The average molecular weight is 508 g/mol. The second-order valence-electron chi connectivity index (χ2n) is 9.27. The van der Waals surface area contributed by atoms with E-state index in [1.165, 1.54) is 12.1 Å². The highest BCUT2D eigenvalue weighted by atomic mass is 32.2. The van der Waals surface area contributed by atoms with Crippen LogP contribution in [0.2, 0.25) is 0 Å². The summed E-state index contributed by atoms with van der Waals surface area (Å²) in [5.74, 6) is -0.321. The summed E-state index contributed by atoms with van der Waals surface area (Å²) in [4.78, 5) is 25.9. The lowest BCUT2D eigenvalue weighted by molar-refractivity contribution is -0.114. The van der Waals surface area contributed by atoms with Gasteiger partial charge in [0.1, 0.15) is 6.54 Å². The molecule has 0 radical (unpaired) electrons. The summed E-state index contributed by atoms with van der Waals surface area (Å²) in [7, 11) is -4.03. The highest BCUT2D eigenvalue weighted by Crippen LogP contribution is 2.26. The normalized spacial score (nSPS) is 11.4. The zero-order valence-electron chi connectivity index (χ0n) is 21.1. The number of rotatable bonds is 10. The molecule has 7 nitrogen and oxygen atoms in total. The van der Waals surface area contributed by atoms with Gasteiger partial charge in [-0.1, -0.05) is 70.2 Å². The van der Waals surface area contributed by atoms with Crippen molar-refractivity contribution in [3.05, 3.63) is 90.0 Å². The van der Waals surface area contributed by atoms with Gasteiger partial charge in [-0.25, -0.2) is 8.42 Å². The first kappa shape index (κ1) is 26.9. The largest absolute Gasteiger partial charge is 0.352 e. The summed E-state index contributed by atoms with van der Waals surface area (Å²) < 4.78 is 28.2. The van der Waals surface area contributed by atoms with Crippen molar-refractivity contribution < 1.29 is 18.0 Å². The summed E-state index contributed by atoms with van der Waals surface area (Å²) in [5, 5.41) is 5.57. The number of sulfonamides is 1. The van der Waals surface area contributed by atoms with E-state index in [4.69, 9.17) is 0 Å². The van der Waals surface area contributed by atoms with Crippen LogP contribution in [0.5, 0.6) is 0 Å². The predicted octanol–water partition coefficient (Wildman–Crippen LogP) is 5.03. The molecule has 3 rings (SSSR count). The molecule has 0 bridgehead atoms. The van der Waals surface area contributed by atoms with E-state index in [0.29, 0.717) is 23.5 Å². The first-order valence-electron chi connectivity index (χ1n) is 11.9. The van der Waals surface area contributed by atoms with E-state index < -0.39 is 22.5 Å². The van der Waals surface area contributed by atoms with Gasteiger partial charge in [-0.05, 0) is 53.8 Å². The fraction of sp³-hybridized carbons (Fsp3) is 0.286. The van der Waals surface area contributed by atoms with E-state index in [9.17, 15) is 18.0 Å². The van der Waals surface area contributed by atoms with Crippen LogP contribution in [-0.2, 0) is 14.8 Å². The third kappa shape index (κ3) is 6.73. The second-order valence-corrected chi connectivity index (χ2v) is 11.1. The minimum absolute atomic E-state index is 0.0826. The van der Waals surface area contributed by atoms with Crippen molar-refractivity contribution >= 4 is 33.2 Å². The SMILES string of the molecule is CC(C)CNC(=O)c1ccccc1NC(=O)CN(c1ccc(C(C)C)cc1)S(=O)(=O)c1ccccc1. The lowest BCUT2D eigenvalue weighted by Gasteiger charge is -2.25. The number of nitrogens with zero attached hydrogens (tertiary/aromatic N) is 1. The molecule has 0 heterocycles. The number of benzene rings is 3. The Hall–Kier alpha value is -3.65. The summed E-state index contributed by atoms with van der Waals surface area (Å²) in [6.07, 6.45) is 0. The number of amides is 2. The van der Waals surface area contributed by atoms with E-state index in [1.807, 2.05) is 26.0 Å². The van der Waals surface area contributed by atoms with Gasteiger partial charge >= 0.3 is 0 Å². The van der Waals surface area contributed by atoms with Gasteiger partial charge in [0, 0.05) is 6.54 Å². The molecule has 3 aromatic carbocycles.